The van der Waals surface area contributed by atoms with Crippen molar-refractivity contribution < 1.29 is 14.7 Å². The van der Waals surface area contributed by atoms with Crippen molar-refractivity contribution in [2.45, 2.75) is 104 Å². The van der Waals surface area contributed by atoms with E-state index in [9.17, 15) is 9.59 Å². The van der Waals surface area contributed by atoms with Gasteiger partial charge >= 0.3 is 5.97 Å². The van der Waals surface area contributed by atoms with Crippen molar-refractivity contribution in [3.63, 3.8) is 0 Å². The molecule has 1 N–H and O–H groups in total. The Morgan fingerprint density at radius 1 is 0.760 bits per heavy atom. The highest BCUT2D eigenvalue weighted by Gasteiger charge is 2.10. The molecule has 0 aromatic rings. The lowest BCUT2D eigenvalue weighted by atomic mass is 10.0. The van der Waals surface area contributed by atoms with Crippen molar-refractivity contribution in [1.29, 1.82) is 0 Å². The number of nitrogens with zero attached hydrogens (tertiary/aromatic N) is 1. The highest BCUT2D eigenvalue weighted by molar-refractivity contribution is 5.80. The van der Waals surface area contributed by atoms with Crippen LogP contribution < -0.4 is 0 Å². The van der Waals surface area contributed by atoms with Crippen molar-refractivity contribution in [2.24, 2.45) is 5.92 Å². The highest BCUT2D eigenvalue weighted by atomic mass is 16.4. The lowest BCUT2D eigenvalue weighted by molar-refractivity contribution is -0.143. The van der Waals surface area contributed by atoms with E-state index in [4.69, 9.17) is 5.11 Å². The minimum atomic E-state index is -0.952. The van der Waals surface area contributed by atoms with Crippen LogP contribution in [0.1, 0.15) is 104 Å². The van der Waals surface area contributed by atoms with E-state index in [0.29, 0.717) is 6.42 Å². The van der Waals surface area contributed by atoms with Gasteiger partial charge in [-0.15, -0.1) is 0 Å². The molecule has 0 heterocycles. The summed E-state index contributed by atoms with van der Waals surface area (Å²) in [6, 6.07) is 0. The molecule has 148 valence electrons. The van der Waals surface area contributed by atoms with Crippen LogP contribution in [0.25, 0.3) is 0 Å². The van der Waals surface area contributed by atoms with Gasteiger partial charge in [-0.05, 0) is 12.3 Å². The fraction of sp³-hybridized carbons (Fsp3) is 0.905. The van der Waals surface area contributed by atoms with Gasteiger partial charge in [0.05, 0.1) is 0 Å². The molecule has 0 spiro atoms. The molecule has 0 aliphatic carbocycles. The molecule has 4 nitrogen and oxygen atoms in total. The normalized spacial score (nSPS) is 11.0. The minimum absolute atomic E-state index is 0.0594. The standard InChI is InChI=1S/C21H41NO3/c1-19(2)16-14-12-10-8-6-4-5-7-9-11-13-15-17-20(23)22(3)18-21(24)25/h19H,4-18H2,1-3H3,(H,24,25). The summed E-state index contributed by atoms with van der Waals surface area (Å²) in [5.41, 5.74) is 0. The number of hydrogen-bond acceptors (Lipinski definition) is 2. The van der Waals surface area contributed by atoms with Gasteiger partial charge in [0, 0.05) is 13.5 Å². The van der Waals surface area contributed by atoms with Gasteiger partial charge in [0.1, 0.15) is 6.54 Å². The topological polar surface area (TPSA) is 57.6 Å². The van der Waals surface area contributed by atoms with Crippen LogP contribution in [0.2, 0.25) is 0 Å². The Bertz CT molecular complexity index is 342. The van der Waals surface area contributed by atoms with E-state index in [1.165, 1.54) is 75.5 Å². The number of carbonyl (C=O) groups excluding carboxylic acids is 1. The van der Waals surface area contributed by atoms with Crippen LogP contribution in [0, 0.1) is 5.92 Å². The molecule has 0 saturated heterocycles. The molecular formula is C21H41NO3. The Morgan fingerprint density at radius 2 is 1.16 bits per heavy atom. The fourth-order valence-corrected chi connectivity index (χ4v) is 3.08. The van der Waals surface area contributed by atoms with Crippen molar-refractivity contribution in [3.05, 3.63) is 0 Å². The number of rotatable bonds is 17. The van der Waals surface area contributed by atoms with Crippen molar-refractivity contribution in [2.75, 3.05) is 13.6 Å². The highest BCUT2D eigenvalue weighted by Crippen LogP contribution is 2.14. The van der Waals surface area contributed by atoms with Gasteiger partial charge in [-0.2, -0.15) is 0 Å². The molecule has 0 unspecified atom stereocenters. The first-order chi connectivity index (χ1) is 11.9. The zero-order valence-corrected chi connectivity index (χ0v) is 16.9. The van der Waals surface area contributed by atoms with Crippen LogP contribution in [0.5, 0.6) is 0 Å². The van der Waals surface area contributed by atoms with E-state index in [2.05, 4.69) is 13.8 Å². The number of unbranched alkanes of at least 4 members (excludes halogenated alkanes) is 11. The molecule has 4 heteroatoms. The maximum atomic E-state index is 11.7. The quantitative estimate of drug-likeness (QED) is 0.343. The first kappa shape index (κ1) is 23.9. The molecule has 0 rings (SSSR count). The third kappa shape index (κ3) is 17.6. The Hall–Kier alpha value is -1.06. The molecule has 1 amide bonds. The molecule has 0 atom stereocenters. The number of likely N-dealkylation sites (N-methyl/N-ethyl adjacent to an activating group) is 1. The van der Waals surface area contributed by atoms with Crippen molar-refractivity contribution >= 4 is 11.9 Å². The van der Waals surface area contributed by atoms with Crippen LogP contribution in [0.15, 0.2) is 0 Å². The zero-order chi connectivity index (χ0) is 18.9. The summed E-state index contributed by atoms with van der Waals surface area (Å²) in [4.78, 5) is 23.5. The second-order valence-electron chi connectivity index (χ2n) is 7.82. The minimum Gasteiger partial charge on any atom is -0.480 e. The summed E-state index contributed by atoms with van der Waals surface area (Å²) in [5.74, 6) is -0.161. The van der Waals surface area contributed by atoms with Gasteiger partial charge in [0.25, 0.3) is 0 Å². The summed E-state index contributed by atoms with van der Waals surface area (Å²) < 4.78 is 0. The Morgan fingerprint density at radius 3 is 1.56 bits per heavy atom. The van der Waals surface area contributed by atoms with E-state index in [0.717, 1.165) is 18.8 Å². The fourth-order valence-electron chi connectivity index (χ4n) is 3.08. The number of carbonyl (C=O) groups is 2. The third-order valence-electron chi connectivity index (χ3n) is 4.72. The molecule has 0 saturated carbocycles. The Labute approximate surface area is 155 Å². The molecule has 0 fully saturated rings. The van der Waals surface area contributed by atoms with Crippen LogP contribution in [0.4, 0.5) is 0 Å². The SMILES string of the molecule is CC(C)CCCCCCCCCCCCCCC(=O)N(C)CC(=O)O. The molecule has 0 radical (unpaired) electrons. The van der Waals surface area contributed by atoms with E-state index in [1.807, 2.05) is 0 Å². The lowest BCUT2D eigenvalue weighted by Crippen LogP contribution is -2.31. The number of hydrogen-bond donors (Lipinski definition) is 1. The first-order valence-corrected chi connectivity index (χ1v) is 10.4. The van der Waals surface area contributed by atoms with Gasteiger partial charge in [-0.3, -0.25) is 9.59 Å². The molecule has 0 bridgehead atoms. The van der Waals surface area contributed by atoms with Gasteiger partial charge in [0.15, 0.2) is 0 Å². The zero-order valence-electron chi connectivity index (χ0n) is 16.9. The average molecular weight is 356 g/mol. The summed E-state index contributed by atoms with van der Waals surface area (Å²) >= 11 is 0. The predicted molar refractivity (Wildman–Crippen MR) is 105 cm³/mol. The molecule has 25 heavy (non-hydrogen) atoms. The second kappa shape index (κ2) is 16.4. The number of carboxylic acids is 1. The predicted octanol–water partition coefficient (Wildman–Crippen LogP) is 5.65. The largest absolute Gasteiger partial charge is 0.480 e. The summed E-state index contributed by atoms with van der Waals surface area (Å²) in [7, 11) is 1.56. The van der Waals surface area contributed by atoms with Gasteiger partial charge < -0.3 is 10.0 Å². The summed E-state index contributed by atoms with van der Waals surface area (Å²) in [6.45, 7) is 4.40. The molecule has 0 aromatic heterocycles. The van der Waals surface area contributed by atoms with E-state index in [-0.39, 0.29) is 12.5 Å². The maximum Gasteiger partial charge on any atom is 0.323 e. The molecular weight excluding hydrogens is 314 g/mol. The number of carboxylic acid groups (broad SMARTS) is 1. The van der Waals surface area contributed by atoms with Crippen LogP contribution >= 0.6 is 0 Å². The second-order valence-corrected chi connectivity index (χ2v) is 7.82. The first-order valence-electron chi connectivity index (χ1n) is 10.4. The van der Waals surface area contributed by atoms with Crippen LogP contribution in [-0.2, 0) is 9.59 Å². The summed E-state index contributed by atoms with van der Waals surface area (Å²) in [6.07, 6.45) is 17.2. The number of aliphatic carboxylic acids is 1. The van der Waals surface area contributed by atoms with E-state index >= 15 is 0 Å². The monoisotopic (exact) mass is 355 g/mol. The van der Waals surface area contributed by atoms with Crippen molar-refractivity contribution in [3.8, 4) is 0 Å². The van der Waals surface area contributed by atoms with Gasteiger partial charge in [-0.25, -0.2) is 0 Å². The average Bonchev–Trinajstić information content (AvgIpc) is 2.53. The Balaban J connectivity index is 3.24. The third-order valence-corrected chi connectivity index (χ3v) is 4.72. The van der Waals surface area contributed by atoms with Crippen LogP contribution in [0.3, 0.4) is 0 Å². The maximum absolute atomic E-state index is 11.7. The van der Waals surface area contributed by atoms with E-state index < -0.39 is 5.97 Å². The number of amides is 1. The molecule has 0 aliphatic heterocycles. The van der Waals surface area contributed by atoms with Gasteiger partial charge in [-0.1, -0.05) is 90.9 Å². The molecule has 0 aromatic carbocycles. The van der Waals surface area contributed by atoms with Crippen LogP contribution in [-0.4, -0.2) is 35.5 Å². The van der Waals surface area contributed by atoms with Gasteiger partial charge in [0.2, 0.25) is 5.91 Å². The summed E-state index contributed by atoms with van der Waals surface area (Å²) in [5, 5.41) is 8.64. The van der Waals surface area contributed by atoms with Crippen molar-refractivity contribution in [1.82, 2.24) is 4.90 Å². The Kier molecular flexibility index (Phi) is 15.7. The smallest absolute Gasteiger partial charge is 0.323 e. The molecule has 0 aliphatic rings. The van der Waals surface area contributed by atoms with E-state index in [1.54, 1.807) is 7.05 Å². The lowest BCUT2D eigenvalue weighted by Gasteiger charge is -2.14.